The van der Waals surface area contributed by atoms with Gasteiger partial charge in [0.1, 0.15) is 11.8 Å². The number of methoxy groups -OCH3 is 1. The van der Waals surface area contributed by atoms with E-state index in [1.54, 1.807) is 7.11 Å². The lowest BCUT2D eigenvalue weighted by atomic mass is 9.96. The molecule has 3 rings (SSSR count). The van der Waals surface area contributed by atoms with Crippen LogP contribution >= 0.6 is 0 Å². The molecular weight excluding hydrogens is 224 g/mol. The fourth-order valence-corrected chi connectivity index (χ4v) is 3.08. The van der Waals surface area contributed by atoms with Crippen LogP contribution in [0.25, 0.3) is 10.9 Å². The van der Waals surface area contributed by atoms with E-state index in [1.807, 2.05) is 6.07 Å². The van der Waals surface area contributed by atoms with Gasteiger partial charge in [0, 0.05) is 23.7 Å². The zero-order chi connectivity index (χ0) is 12.5. The van der Waals surface area contributed by atoms with E-state index in [9.17, 15) is 0 Å². The highest BCUT2D eigenvalue weighted by Crippen LogP contribution is 2.31. The zero-order valence-corrected chi connectivity index (χ0v) is 11.1. The van der Waals surface area contributed by atoms with E-state index in [4.69, 9.17) is 4.74 Å². The first-order valence-corrected chi connectivity index (χ1v) is 6.85. The highest BCUT2D eigenvalue weighted by atomic mass is 16.5. The molecule has 96 valence electrons. The number of ether oxygens (including phenoxy) is 1. The molecule has 3 N–H and O–H groups in total. The second-order valence-corrected chi connectivity index (χ2v) is 5.10. The molecular formula is C15H21N2O+. The SMILES string of the molecule is CCC[C@@H]1[NH2+]CCc2c1[nH]c1ccc(OC)cc21. The maximum absolute atomic E-state index is 5.34. The normalized spacial score (nSPS) is 18.9. The first kappa shape index (κ1) is 11.6. The molecule has 0 fully saturated rings. The Morgan fingerprint density at radius 3 is 3.11 bits per heavy atom. The van der Waals surface area contributed by atoms with Crippen molar-refractivity contribution in [3.05, 3.63) is 29.5 Å². The van der Waals surface area contributed by atoms with Crippen LogP contribution in [0.15, 0.2) is 18.2 Å². The number of aromatic amines is 1. The maximum Gasteiger partial charge on any atom is 0.127 e. The van der Waals surface area contributed by atoms with Gasteiger partial charge in [0.25, 0.3) is 0 Å². The molecule has 2 heterocycles. The van der Waals surface area contributed by atoms with Crippen molar-refractivity contribution in [2.24, 2.45) is 0 Å². The van der Waals surface area contributed by atoms with E-state index in [1.165, 1.54) is 41.5 Å². The molecule has 1 aliphatic heterocycles. The molecule has 0 unspecified atom stereocenters. The van der Waals surface area contributed by atoms with Gasteiger partial charge in [0.2, 0.25) is 0 Å². The summed E-state index contributed by atoms with van der Waals surface area (Å²) < 4.78 is 5.34. The van der Waals surface area contributed by atoms with Gasteiger partial charge < -0.3 is 15.0 Å². The number of rotatable bonds is 3. The lowest BCUT2D eigenvalue weighted by Crippen LogP contribution is -2.87. The summed E-state index contributed by atoms with van der Waals surface area (Å²) in [5.74, 6) is 0.950. The van der Waals surface area contributed by atoms with Crippen molar-refractivity contribution in [2.75, 3.05) is 13.7 Å². The van der Waals surface area contributed by atoms with E-state index < -0.39 is 0 Å². The zero-order valence-electron chi connectivity index (χ0n) is 11.1. The summed E-state index contributed by atoms with van der Waals surface area (Å²) in [7, 11) is 1.73. The summed E-state index contributed by atoms with van der Waals surface area (Å²) in [5, 5.41) is 3.82. The van der Waals surface area contributed by atoms with E-state index in [-0.39, 0.29) is 0 Å². The van der Waals surface area contributed by atoms with Crippen molar-refractivity contribution in [3.8, 4) is 5.75 Å². The molecule has 0 bridgehead atoms. The third kappa shape index (κ3) is 1.79. The maximum atomic E-state index is 5.34. The largest absolute Gasteiger partial charge is 0.497 e. The quantitative estimate of drug-likeness (QED) is 0.854. The Bertz CT molecular complexity index is 559. The standard InChI is InChI=1S/C15H20N2O/c1-3-4-14-15-11(7-8-16-14)12-9-10(18-2)5-6-13(12)17-15/h5-6,9,14,16-17H,3-4,7-8H2,1-2H3/p+1/t14-/m0/s1. The summed E-state index contributed by atoms with van der Waals surface area (Å²) in [6, 6.07) is 6.94. The molecule has 0 spiro atoms. The molecule has 0 radical (unpaired) electrons. The molecule has 0 amide bonds. The van der Waals surface area contributed by atoms with Gasteiger partial charge in [-0.05, 0) is 23.8 Å². The number of aromatic nitrogens is 1. The van der Waals surface area contributed by atoms with Gasteiger partial charge in [0.05, 0.1) is 19.3 Å². The summed E-state index contributed by atoms with van der Waals surface area (Å²) in [4.78, 5) is 3.62. The minimum absolute atomic E-state index is 0.608. The Morgan fingerprint density at radius 1 is 1.44 bits per heavy atom. The highest BCUT2D eigenvalue weighted by Gasteiger charge is 2.26. The molecule has 18 heavy (non-hydrogen) atoms. The molecule has 1 aromatic carbocycles. The van der Waals surface area contributed by atoms with Gasteiger partial charge >= 0.3 is 0 Å². The molecule has 3 heteroatoms. The number of nitrogens with one attached hydrogen (secondary N) is 1. The van der Waals surface area contributed by atoms with Gasteiger partial charge in [-0.1, -0.05) is 13.3 Å². The first-order valence-electron chi connectivity index (χ1n) is 6.85. The van der Waals surface area contributed by atoms with Gasteiger partial charge in [0.15, 0.2) is 0 Å². The van der Waals surface area contributed by atoms with Crippen LogP contribution < -0.4 is 10.1 Å². The van der Waals surface area contributed by atoms with Crippen molar-refractivity contribution in [1.82, 2.24) is 4.98 Å². The van der Waals surface area contributed by atoms with Crippen molar-refractivity contribution in [1.29, 1.82) is 0 Å². The van der Waals surface area contributed by atoms with E-state index in [0.29, 0.717) is 6.04 Å². The predicted octanol–water partition coefficient (Wildman–Crippen LogP) is 2.14. The summed E-state index contributed by atoms with van der Waals surface area (Å²) in [5.41, 5.74) is 4.19. The number of nitrogens with two attached hydrogens (primary N) is 1. The minimum Gasteiger partial charge on any atom is -0.497 e. The third-order valence-electron chi connectivity index (χ3n) is 3.96. The number of H-pyrrole nitrogens is 1. The van der Waals surface area contributed by atoms with Gasteiger partial charge in [-0.25, -0.2) is 0 Å². The molecule has 0 saturated heterocycles. The molecule has 1 atom stereocenters. The van der Waals surface area contributed by atoms with Gasteiger partial charge in [-0.3, -0.25) is 0 Å². The summed E-state index contributed by atoms with van der Waals surface area (Å²) in [6.07, 6.45) is 3.64. The van der Waals surface area contributed by atoms with E-state index in [0.717, 1.165) is 12.2 Å². The topological polar surface area (TPSA) is 41.6 Å². The van der Waals surface area contributed by atoms with Crippen LogP contribution in [-0.2, 0) is 6.42 Å². The highest BCUT2D eigenvalue weighted by molar-refractivity contribution is 5.86. The fraction of sp³-hybridized carbons (Fsp3) is 0.467. The Hall–Kier alpha value is -1.48. The number of hydrogen-bond donors (Lipinski definition) is 2. The second kappa shape index (κ2) is 4.65. The minimum atomic E-state index is 0.608. The molecule has 2 aromatic rings. The predicted molar refractivity (Wildman–Crippen MR) is 73.0 cm³/mol. The van der Waals surface area contributed by atoms with Crippen molar-refractivity contribution >= 4 is 10.9 Å². The second-order valence-electron chi connectivity index (χ2n) is 5.10. The van der Waals surface area contributed by atoms with Crippen LogP contribution in [0.2, 0.25) is 0 Å². The Balaban J connectivity index is 2.12. The van der Waals surface area contributed by atoms with Gasteiger partial charge in [-0.15, -0.1) is 0 Å². The smallest absolute Gasteiger partial charge is 0.127 e. The van der Waals surface area contributed by atoms with Crippen LogP contribution in [0.1, 0.15) is 37.1 Å². The Kier molecular flexibility index (Phi) is 3.00. The monoisotopic (exact) mass is 245 g/mol. The van der Waals surface area contributed by atoms with Crippen molar-refractivity contribution < 1.29 is 10.1 Å². The number of quaternary nitrogens is 1. The molecule has 0 saturated carbocycles. The molecule has 1 aromatic heterocycles. The summed E-state index contributed by atoms with van der Waals surface area (Å²) >= 11 is 0. The average molecular weight is 245 g/mol. The van der Waals surface area contributed by atoms with Crippen LogP contribution in [0.3, 0.4) is 0 Å². The van der Waals surface area contributed by atoms with Crippen molar-refractivity contribution in [2.45, 2.75) is 32.2 Å². The molecule has 1 aliphatic rings. The van der Waals surface area contributed by atoms with Gasteiger partial charge in [-0.2, -0.15) is 0 Å². The average Bonchev–Trinajstić information content (AvgIpc) is 2.78. The lowest BCUT2D eigenvalue weighted by Gasteiger charge is -2.20. The summed E-state index contributed by atoms with van der Waals surface area (Å²) in [6.45, 7) is 3.45. The first-order chi connectivity index (χ1) is 8.83. The van der Waals surface area contributed by atoms with Crippen LogP contribution in [0.5, 0.6) is 5.75 Å². The van der Waals surface area contributed by atoms with Crippen LogP contribution in [0, 0.1) is 0 Å². The molecule has 0 aliphatic carbocycles. The van der Waals surface area contributed by atoms with Crippen molar-refractivity contribution in [3.63, 3.8) is 0 Å². The Labute approximate surface area is 108 Å². The number of benzene rings is 1. The van der Waals surface area contributed by atoms with E-state index in [2.05, 4.69) is 29.4 Å². The number of hydrogen-bond acceptors (Lipinski definition) is 1. The lowest BCUT2D eigenvalue weighted by molar-refractivity contribution is -0.700. The number of fused-ring (bicyclic) bond motifs is 3. The van der Waals surface area contributed by atoms with E-state index >= 15 is 0 Å². The Morgan fingerprint density at radius 2 is 2.33 bits per heavy atom. The third-order valence-corrected chi connectivity index (χ3v) is 3.96. The van der Waals surface area contributed by atoms with Crippen LogP contribution in [0.4, 0.5) is 0 Å². The van der Waals surface area contributed by atoms with Crippen LogP contribution in [-0.4, -0.2) is 18.6 Å². The fourth-order valence-electron chi connectivity index (χ4n) is 3.08. The molecule has 3 nitrogen and oxygen atoms in total.